The fourth-order valence-corrected chi connectivity index (χ4v) is 2.36. The summed E-state index contributed by atoms with van der Waals surface area (Å²) < 4.78 is -1.34. The number of hydrogen-bond donors (Lipinski definition) is 1. The Kier molecular flexibility index (Phi) is 4.44. The Morgan fingerprint density at radius 1 is 1.43 bits per heavy atom. The van der Waals surface area contributed by atoms with Crippen LogP contribution < -0.4 is 0 Å². The number of rotatable bonds is 2. The van der Waals surface area contributed by atoms with Crippen LogP contribution in [0.25, 0.3) is 0 Å². The third-order valence-electron chi connectivity index (χ3n) is 2.77. The van der Waals surface area contributed by atoms with Crippen molar-refractivity contribution in [3.63, 3.8) is 0 Å². The summed E-state index contributed by atoms with van der Waals surface area (Å²) in [6, 6.07) is 0. The summed E-state index contributed by atoms with van der Waals surface area (Å²) >= 11 is 16.8. The second-order valence-electron chi connectivity index (χ2n) is 4.06. The van der Waals surface area contributed by atoms with Crippen molar-refractivity contribution in [3.05, 3.63) is 0 Å². The lowest BCUT2D eigenvalue weighted by Gasteiger charge is -2.10. The van der Waals surface area contributed by atoms with Crippen molar-refractivity contribution in [2.75, 3.05) is 0 Å². The van der Waals surface area contributed by atoms with Gasteiger partial charge in [0.2, 0.25) is 0 Å². The third-order valence-corrected chi connectivity index (χ3v) is 3.23. The lowest BCUT2D eigenvalue weighted by Crippen LogP contribution is -2.07. The SMILES string of the molecule is CC1(C)[C@@H](CC(Cl)(Cl)Cl)[C@@H]1C(=O)O.Cl. The van der Waals surface area contributed by atoms with Gasteiger partial charge in [-0.3, -0.25) is 4.79 Å². The first kappa shape index (κ1) is 14.6. The molecule has 0 aliphatic heterocycles. The highest BCUT2D eigenvalue weighted by molar-refractivity contribution is 6.67. The molecule has 1 aliphatic rings. The zero-order chi connectivity index (χ0) is 10.4. The molecule has 1 fully saturated rings. The summed E-state index contributed by atoms with van der Waals surface area (Å²) in [5.74, 6) is -1.20. The van der Waals surface area contributed by atoms with Crippen LogP contribution in [0.5, 0.6) is 0 Å². The zero-order valence-corrected chi connectivity index (χ0v) is 10.8. The molecule has 0 heterocycles. The van der Waals surface area contributed by atoms with Gasteiger partial charge in [0.05, 0.1) is 5.92 Å². The van der Waals surface area contributed by atoms with Gasteiger partial charge in [0.25, 0.3) is 0 Å². The van der Waals surface area contributed by atoms with E-state index in [1.807, 2.05) is 13.8 Å². The first-order chi connectivity index (χ1) is 5.66. The quantitative estimate of drug-likeness (QED) is 0.787. The highest BCUT2D eigenvalue weighted by atomic mass is 35.6. The average molecular weight is 282 g/mol. The Labute approximate surface area is 104 Å². The predicted molar refractivity (Wildman–Crippen MR) is 60.6 cm³/mol. The summed E-state index contributed by atoms with van der Waals surface area (Å²) in [5.41, 5.74) is -0.240. The molecule has 0 radical (unpaired) electrons. The monoisotopic (exact) mass is 280 g/mol. The molecule has 0 unspecified atom stereocenters. The van der Waals surface area contributed by atoms with E-state index >= 15 is 0 Å². The van der Waals surface area contributed by atoms with Gasteiger partial charge in [0, 0.05) is 0 Å². The van der Waals surface area contributed by atoms with E-state index in [0.29, 0.717) is 6.42 Å². The molecular formula is C8H12Cl4O2. The number of alkyl halides is 3. The second kappa shape index (κ2) is 4.25. The molecular weight excluding hydrogens is 270 g/mol. The van der Waals surface area contributed by atoms with Gasteiger partial charge in [-0.2, -0.15) is 0 Å². The number of carbonyl (C=O) groups is 1. The van der Waals surface area contributed by atoms with Crippen molar-refractivity contribution in [2.45, 2.75) is 24.1 Å². The highest BCUT2D eigenvalue weighted by Gasteiger charge is 2.63. The number of hydrogen-bond acceptors (Lipinski definition) is 1. The predicted octanol–water partition coefficient (Wildman–Crippen LogP) is 3.53. The fourth-order valence-electron chi connectivity index (χ4n) is 1.86. The molecule has 6 heteroatoms. The zero-order valence-electron chi connectivity index (χ0n) is 7.76. The molecule has 0 amide bonds. The molecule has 1 N–H and O–H groups in total. The van der Waals surface area contributed by atoms with Gasteiger partial charge in [-0.1, -0.05) is 48.7 Å². The summed E-state index contributed by atoms with van der Waals surface area (Å²) in [7, 11) is 0. The molecule has 0 bridgehead atoms. The van der Waals surface area contributed by atoms with Gasteiger partial charge >= 0.3 is 5.97 Å². The van der Waals surface area contributed by atoms with Crippen LogP contribution in [0.1, 0.15) is 20.3 Å². The number of carboxylic acid groups (broad SMARTS) is 1. The third kappa shape index (κ3) is 3.06. The Bertz CT molecular complexity index is 234. The van der Waals surface area contributed by atoms with Crippen LogP contribution in [0.3, 0.4) is 0 Å². The molecule has 2 nitrogen and oxygen atoms in total. The molecule has 1 rings (SSSR count). The molecule has 0 aromatic rings. The molecule has 1 saturated carbocycles. The maximum atomic E-state index is 10.7. The Hall–Kier alpha value is 0.630. The molecule has 0 saturated heterocycles. The number of aliphatic carboxylic acids is 1. The van der Waals surface area contributed by atoms with Crippen molar-refractivity contribution in [2.24, 2.45) is 17.3 Å². The van der Waals surface area contributed by atoms with E-state index in [1.54, 1.807) is 0 Å². The molecule has 1 aliphatic carbocycles. The average Bonchev–Trinajstić information content (AvgIpc) is 2.28. The van der Waals surface area contributed by atoms with Crippen LogP contribution in [-0.4, -0.2) is 14.9 Å². The minimum atomic E-state index is -1.34. The van der Waals surface area contributed by atoms with Crippen LogP contribution in [0.15, 0.2) is 0 Å². The van der Waals surface area contributed by atoms with Crippen LogP contribution in [-0.2, 0) is 4.79 Å². The van der Waals surface area contributed by atoms with E-state index in [4.69, 9.17) is 39.9 Å². The first-order valence-electron chi connectivity index (χ1n) is 3.96. The highest BCUT2D eigenvalue weighted by Crippen LogP contribution is 2.62. The first-order valence-corrected chi connectivity index (χ1v) is 5.09. The van der Waals surface area contributed by atoms with Gasteiger partial charge in [0.15, 0.2) is 3.79 Å². The van der Waals surface area contributed by atoms with Crippen LogP contribution in [0.4, 0.5) is 0 Å². The lowest BCUT2D eigenvalue weighted by molar-refractivity contribution is -0.139. The summed E-state index contributed by atoms with van der Waals surface area (Å²) in [5, 5.41) is 8.83. The Morgan fingerprint density at radius 3 is 2.07 bits per heavy atom. The van der Waals surface area contributed by atoms with E-state index < -0.39 is 9.76 Å². The molecule has 0 spiro atoms. The summed E-state index contributed by atoms with van der Waals surface area (Å²) in [4.78, 5) is 10.7. The van der Waals surface area contributed by atoms with Crippen molar-refractivity contribution in [1.29, 1.82) is 0 Å². The van der Waals surface area contributed by atoms with Crippen LogP contribution in [0, 0.1) is 17.3 Å². The van der Waals surface area contributed by atoms with Crippen molar-refractivity contribution >= 4 is 53.2 Å². The molecule has 84 valence electrons. The fraction of sp³-hybridized carbons (Fsp3) is 0.875. The van der Waals surface area contributed by atoms with Gasteiger partial charge < -0.3 is 5.11 Å². The van der Waals surface area contributed by atoms with Crippen molar-refractivity contribution < 1.29 is 9.90 Å². The van der Waals surface area contributed by atoms with E-state index in [0.717, 1.165) is 0 Å². The maximum absolute atomic E-state index is 10.7. The topological polar surface area (TPSA) is 37.3 Å². The smallest absolute Gasteiger partial charge is 0.307 e. The maximum Gasteiger partial charge on any atom is 0.307 e. The molecule has 0 aromatic heterocycles. The number of halogens is 4. The van der Waals surface area contributed by atoms with Crippen LogP contribution in [0.2, 0.25) is 0 Å². The minimum absolute atomic E-state index is 0. The van der Waals surface area contributed by atoms with Gasteiger partial charge in [-0.05, 0) is 17.8 Å². The van der Waals surface area contributed by atoms with E-state index in [9.17, 15) is 4.79 Å². The molecule has 0 aromatic carbocycles. The van der Waals surface area contributed by atoms with Crippen molar-refractivity contribution in [3.8, 4) is 0 Å². The van der Waals surface area contributed by atoms with E-state index in [-0.39, 0.29) is 29.7 Å². The largest absolute Gasteiger partial charge is 0.481 e. The number of carboxylic acids is 1. The standard InChI is InChI=1S/C8H11Cl3O2.ClH/c1-7(2)4(3-8(9,10)11)5(7)6(12)13;/h4-5H,3H2,1-2H3,(H,12,13);1H/t4-,5+;/m0./s1. The Balaban J connectivity index is 0.00000169. The molecule has 14 heavy (non-hydrogen) atoms. The van der Waals surface area contributed by atoms with Crippen LogP contribution >= 0.6 is 47.2 Å². The van der Waals surface area contributed by atoms with E-state index in [2.05, 4.69) is 0 Å². The van der Waals surface area contributed by atoms with Gasteiger partial charge in [-0.25, -0.2) is 0 Å². The summed E-state index contributed by atoms with van der Waals surface area (Å²) in [6.07, 6.45) is 0.307. The summed E-state index contributed by atoms with van der Waals surface area (Å²) in [6.45, 7) is 3.76. The van der Waals surface area contributed by atoms with E-state index in [1.165, 1.54) is 0 Å². The normalized spacial score (nSPS) is 29.2. The van der Waals surface area contributed by atoms with Gasteiger partial charge in [0.1, 0.15) is 0 Å². The van der Waals surface area contributed by atoms with Crippen molar-refractivity contribution in [1.82, 2.24) is 0 Å². The van der Waals surface area contributed by atoms with Gasteiger partial charge in [-0.15, -0.1) is 12.4 Å². The molecule has 2 atom stereocenters. The minimum Gasteiger partial charge on any atom is -0.481 e. The Morgan fingerprint density at radius 2 is 1.86 bits per heavy atom. The second-order valence-corrected chi connectivity index (χ2v) is 6.58. The lowest BCUT2D eigenvalue weighted by atomic mass is 10.1.